The van der Waals surface area contributed by atoms with Crippen molar-refractivity contribution < 1.29 is 0 Å². The third kappa shape index (κ3) is 2.52. The molecule has 0 saturated carbocycles. The first-order valence-electron chi connectivity index (χ1n) is 6.33. The molecule has 1 unspecified atom stereocenters. The van der Waals surface area contributed by atoms with E-state index in [1.165, 1.54) is 0 Å². The van der Waals surface area contributed by atoms with Gasteiger partial charge < -0.3 is 10.6 Å². The average molecular weight is 234 g/mol. The van der Waals surface area contributed by atoms with Crippen molar-refractivity contribution in [2.24, 2.45) is 0 Å². The summed E-state index contributed by atoms with van der Waals surface area (Å²) in [6, 6.07) is 2.57. The van der Waals surface area contributed by atoms with Gasteiger partial charge in [-0.05, 0) is 32.0 Å². The molecule has 1 fully saturated rings. The van der Waals surface area contributed by atoms with Crippen LogP contribution in [0.4, 0.5) is 11.5 Å². The normalized spacial score (nSPS) is 21.8. The van der Waals surface area contributed by atoms with Gasteiger partial charge in [0, 0.05) is 31.9 Å². The molecule has 0 radical (unpaired) electrons. The van der Waals surface area contributed by atoms with E-state index >= 15 is 0 Å². The highest BCUT2D eigenvalue weighted by molar-refractivity contribution is 5.63. The van der Waals surface area contributed by atoms with Gasteiger partial charge >= 0.3 is 0 Å². The number of aryl methyl sites for hydroxylation is 1. The molecule has 1 aromatic heterocycles. The minimum atomic E-state index is 0.566. The highest BCUT2D eigenvalue weighted by Crippen LogP contribution is 2.23. The lowest BCUT2D eigenvalue weighted by Crippen LogP contribution is -2.52. The van der Waals surface area contributed by atoms with Crippen LogP contribution in [0, 0.1) is 6.92 Å². The van der Waals surface area contributed by atoms with Crippen LogP contribution in [0.25, 0.3) is 0 Å². The van der Waals surface area contributed by atoms with Gasteiger partial charge in [-0.2, -0.15) is 0 Å². The topological polar surface area (TPSA) is 45.4 Å². The zero-order valence-electron chi connectivity index (χ0n) is 11.0. The number of likely N-dealkylation sites (N-methyl/N-ethyl adjacent to an activating group) is 1. The fraction of sp³-hybridized carbons (Fsp3) is 0.615. The second kappa shape index (κ2) is 4.92. The molecule has 0 aromatic carbocycles. The van der Waals surface area contributed by atoms with Crippen LogP contribution in [0.2, 0.25) is 0 Å². The summed E-state index contributed by atoms with van der Waals surface area (Å²) in [5.41, 5.74) is 7.96. The Morgan fingerprint density at radius 1 is 1.47 bits per heavy atom. The van der Waals surface area contributed by atoms with Crippen LogP contribution in [-0.2, 0) is 0 Å². The number of hydrogen-bond acceptors (Lipinski definition) is 4. The predicted octanol–water partition coefficient (Wildman–Crippen LogP) is 1.50. The quantitative estimate of drug-likeness (QED) is 0.842. The van der Waals surface area contributed by atoms with E-state index in [0.29, 0.717) is 6.04 Å². The highest BCUT2D eigenvalue weighted by atomic mass is 15.3. The summed E-state index contributed by atoms with van der Waals surface area (Å²) in [5.74, 6) is 0.943. The predicted molar refractivity (Wildman–Crippen MR) is 72.3 cm³/mol. The molecular weight excluding hydrogens is 212 g/mol. The Bertz CT molecular complexity index is 391. The number of aromatic nitrogens is 1. The molecule has 0 aliphatic carbocycles. The molecule has 1 aromatic rings. The van der Waals surface area contributed by atoms with Gasteiger partial charge in [-0.1, -0.05) is 6.92 Å². The van der Waals surface area contributed by atoms with Gasteiger partial charge in [-0.15, -0.1) is 0 Å². The van der Waals surface area contributed by atoms with Crippen molar-refractivity contribution in [3.8, 4) is 0 Å². The van der Waals surface area contributed by atoms with Crippen LogP contribution in [0.1, 0.15) is 19.4 Å². The van der Waals surface area contributed by atoms with Crippen LogP contribution in [0.3, 0.4) is 0 Å². The maximum absolute atomic E-state index is 6.05. The second-order valence-corrected chi connectivity index (χ2v) is 4.85. The zero-order chi connectivity index (χ0) is 12.4. The summed E-state index contributed by atoms with van der Waals surface area (Å²) in [7, 11) is 0. The molecular formula is C13H22N4. The molecule has 0 amide bonds. The molecule has 2 heterocycles. The number of nitrogens with two attached hydrogens (primary N) is 1. The third-order valence-corrected chi connectivity index (χ3v) is 3.50. The molecule has 1 atom stereocenters. The number of anilines is 2. The van der Waals surface area contributed by atoms with Crippen LogP contribution < -0.4 is 10.6 Å². The molecule has 1 aliphatic rings. The number of hydrogen-bond donors (Lipinski definition) is 1. The smallest absolute Gasteiger partial charge is 0.151 e. The van der Waals surface area contributed by atoms with Crippen molar-refractivity contribution in [3.63, 3.8) is 0 Å². The number of pyridine rings is 1. The molecule has 0 bridgehead atoms. The first-order chi connectivity index (χ1) is 8.11. The maximum atomic E-state index is 6.05. The summed E-state index contributed by atoms with van der Waals surface area (Å²) in [6.45, 7) is 10.7. The van der Waals surface area contributed by atoms with Crippen LogP contribution in [-0.4, -0.2) is 42.1 Å². The maximum Gasteiger partial charge on any atom is 0.151 e. The summed E-state index contributed by atoms with van der Waals surface area (Å²) >= 11 is 0. The highest BCUT2D eigenvalue weighted by Gasteiger charge is 2.24. The van der Waals surface area contributed by atoms with E-state index in [1.807, 2.05) is 19.2 Å². The van der Waals surface area contributed by atoms with Gasteiger partial charge in [0.1, 0.15) is 0 Å². The van der Waals surface area contributed by atoms with E-state index in [1.54, 1.807) is 0 Å². The number of nitrogens with zero attached hydrogens (tertiary/aromatic N) is 3. The van der Waals surface area contributed by atoms with Crippen molar-refractivity contribution in [3.05, 3.63) is 17.8 Å². The Kier molecular flexibility index (Phi) is 3.52. The molecule has 4 heteroatoms. The van der Waals surface area contributed by atoms with E-state index in [4.69, 9.17) is 5.73 Å². The Morgan fingerprint density at radius 3 is 2.82 bits per heavy atom. The Hall–Kier alpha value is -1.29. The van der Waals surface area contributed by atoms with Gasteiger partial charge in [0.2, 0.25) is 0 Å². The molecule has 2 rings (SSSR count). The Balaban J connectivity index is 2.14. The van der Waals surface area contributed by atoms with Gasteiger partial charge in [-0.25, -0.2) is 4.98 Å². The Labute approximate surface area is 103 Å². The number of rotatable bonds is 2. The SMILES string of the molecule is CCN1CCN(c2ncc(C)cc2N)CC1C. The molecule has 1 aliphatic heterocycles. The number of piperazine rings is 1. The Morgan fingerprint density at radius 2 is 2.24 bits per heavy atom. The van der Waals surface area contributed by atoms with Crippen LogP contribution in [0.15, 0.2) is 12.3 Å². The summed E-state index contributed by atoms with van der Waals surface area (Å²) < 4.78 is 0. The van der Waals surface area contributed by atoms with E-state index in [2.05, 4.69) is 28.6 Å². The number of nitrogen functional groups attached to an aromatic ring is 1. The van der Waals surface area contributed by atoms with Crippen molar-refractivity contribution in [1.82, 2.24) is 9.88 Å². The standard InChI is InChI=1S/C13H22N4/c1-4-16-5-6-17(9-11(16)3)13-12(14)7-10(2)8-15-13/h7-8,11H,4-6,9,14H2,1-3H3. The monoisotopic (exact) mass is 234 g/mol. The minimum absolute atomic E-state index is 0.566. The van der Waals surface area contributed by atoms with Crippen molar-refractivity contribution in [2.45, 2.75) is 26.8 Å². The lowest BCUT2D eigenvalue weighted by Gasteiger charge is -2.40. The molecule has 2 N–H and O–H groups in total. The average Bonchev–Trinajstić information content (AvgIpc) is 2.29. The third-order valence-electron chi connectivity index (χ3n) is 3.50. The van der Waals surface area contributed by atoms with Crippen LogP contribution in [0.5, 0.6) is 0 Å². The molecule has 17 heavy (non-hydrogen) atoms. The van der Waals surface area contributed by atoms with Gasteiger partial charge in [-0.3, -0.25) is 4.90 Å². The lowest BCUT2D eigenvalue weighted by molar-refractivity contribution is 0.199. The summed E-state index contributed by atoms with van der Waals surface area (Å²) in [5, 5.41) is 0. The minimum Gasteiger partial charge on any atom is -0.396 e. The lowest BCUT2D eigenvalue weighted by atomic mass is 10.2. The fourth-order valence-corrected chi connectivity index (χ4v) is 2.51. The van der Waals surface area contributed by atoms with Crippen LogP contribution >= 0.6 is 0 Å². The van der Waals surface area contributed by atoms with Gasteiger partial charge in [0.05, 0.1) is 5.69 Å². The van der Waals surface area contributed by atoms with Gasteiger partial charge in [0.15, 0.2) is 5.82 Å². The van der Waals surface area contributed by atoms with Crippen molar-refractivity contribution in [1.29, 1.82) is 0 Å². The van der Waals surface area contributed by atoms with E-state index in [0.717, 1.165) is 43.2 Å². The first kappa shape index (κ1) is 12.2. The molecule has 1 saturated heterocycles. The fourth-order valence-electron chi connectivity index (χ4n) is 2.51. The van der Waals surface area contributed by atoms with Crippen molar-refractivity contribution >= 4 is 11.5 Å². The first-order valence-corrected chi connectivity index (χ1v) is 6.33. The van der Waals surface area contributed by atoms with Gasteiger partial charge in [0.25, 0.3) is 0 Å². The van der Waals surface area contributed by atoms with E-state index in [9.17, 15) is 0 Å². The van der Waals surface area contributed by atoms with Crippen molar-refractivity contribution in [2.75, 3.05) is 36.8 Å². The van der Waals surface area contributed by atoms with E-state index in [-0.39, 0.29) is 0 Å². The summed E-state index contributed by atoms with van der Waals surface area (Å²) in [6.07, 6.45) is 1.89. The summed E-state index contributed by atoms with van der Waals surface area (Å²) in [4.78, 5) is 9.25. The molecule has 94 valence electrons. The van der Waals surface area contributed by atoms with E-state index < -0.39 is 0 Å². The second-order valence-electron chi connectivity index (χ2n) is 4.85. The molecule has 4 nitrogen and oxygen atoms in total. The largest absolute Gasteiger partial charge is 0.396 e. The zero-order valence-corrected chi connectivity index (χ0v) is 11.0. The molecule has 0 spiro atoms.